The van der Waals surface area contributed by atoms with Crippen LogP contribution in [0.2, 0.25) is 0 Å². The first-order valence-corrected chi connectivity index (χ1v) is 8.87. The van der Waals surface area contributed by atoms with Crippen LogP contribution in [-0.2, 0) is 9.47 Å². The number of ether oxygens (including phenoxy) is 2. The highest BCUT2D eigenvalue weighted by molar-refractivity contribution is 5.35. The van der Waals surface area contributed by atoms with E-state index < -0.39 is 0 Å². The van der Waals surface area contributed by atoms with Crippen LogP contribution in [0.3, 0.4) is 0 Å². The SMILES string of the molecule is CCC1(CC)C(OC)=CC2(C=C1OC)CCN(CCN(C)C)C2. The highest BCUT2D eigenvalue weighted by Crippen LogP contribution is 2.51. The predicted molar refractivity (Wildman–Crippen MR) is 95.2 cm³/mol. The molecule has 1 fully saturated rings. The Balaban J connectivity index is 2.26. The number of nitrogens with zero attached hydrogens (tertiary/aromatic N) is 2. The Morgan fingerprint density at radius 1 is 1.09 bits per heavy atom. The molecule has 1 aliphatic heterocycles. The van der Waals surface area contributed by atoms with Gasteiger partial charge in [0.25, 0.3) is 0 Å². The van der Waals surface area contributed by atoms with Gasteiger partial charge in [0.05, 0.1) is 19.6 Å². The minimum absolute atomic E-state index is 0.0663. The second kappa shape index (κ2) is 7.27. The summed E-state index contributed by atoms with van der Waals surface area (Å²) in [6, 6.07) is 0. The molecule has 0 N–H and O–H groups in total. The summed E-state index contributed by atoms with van der Waals surface area (Å²) < 4.78 is 11.7. The number of rotatable bonds is 7. The van der Waals surface area contributed by atoms with Crippen molar-refractivity contribution in [3.05, 3.63) is 23.7 Å². The Labute approximate surface area is 142 Å². The molecular formula is C19H34N2O2. The van der Waals surface area contributed by atoms with E-state index in [1.54, 1.807) is 14.2 Å². The molecule has 1 saturated heterocycles. The molecular weight excluding hydrogens is 288 g/mol. The summed E-state index contributed by atoms with van der Waals surface area (Å²) in [5.74, 6) is 2.19. The van der Waals surface area contributed by atoms with Crippen molar-refractivity contribution in [2.45, 2.75) is 33.1 Å². The van der Waals surface area contributed by atoms with Crippen LogP contribution < -0.4 is 0 Å². The van der Waals surface area contributed by atoms with Crippen LogP contribution >= 0.6 is 0 Å². The van der Waals surface area contributed by atoms with E-state index in [1.807, 2.05) is 0 Å². The topological polar surface area (TPSA) is 24.9 Å². The standard InChI is InChI=1S/C19H34N2O2/c1-7-19(8-2)16(22-5)13-18(14-17(19)23-6)9-10-21(15-18)12-11-20(3)4/h13-14H,7-12,15H2,1-6H3. The molecule has 0 atom stereocenters. The van der Waals surface area contributed by atoms with Gasteiger partial charge in [-0.05, 0) is 52.1 Å². The van der Waals surface area contributed by atoms with E-state index in [9.17, 15) is 0 Å². The van der Waals surface area contributed by atoms with Crippen molar-refractivity contribution in [2.75, 3.05) is 54.5 Å². The third kappa shape index (κ3) is 3.43. The van der Waals surface area contributed by atoms with Crippen LogP contribution in [0.4, 0.5) is 0 Å². The zero-order valence-corrected chi connectivity index (χ0v) is 15.8. The maximum absolute atomic E-state index is 5.85. The average Bonchev–Trinajstić information content (AvgIpc) is 2.95. The summed E-state index contributed by atoms with van der Waals surface area (Å²) in [5.41, 5.74) is -0.0252. The number of methoxy groups -OCH3 is 2. The second-order valence-corrected chi connectivity index (χ2v) is 7.28. The molecule has 132 valence electrons. The molecule has 4 heteroatoms. The zero-order chi connectivity index (χ0) is 17.1. The van der Waals surface area contributed by atoms with E-state index in [-0.39, 0.29) is 10.8 Å². The fourth-order valence-corrected chi connectivity index (χ4v) is 4.13. The summed E-state index contributed by atoms with van der Waals surface area (Å²) in [6.07, 6.45) is 7.92. The largest absolute Gasteiger partial charge is 0.500 e. The van der Waals surface area contributed by atoms with E-state index in [2.05, 4.69) is 49.9 Å². The third-order valence-corrected chi connectivity index (χ3v) is 5.70. The van der Waals surface area contributed by atoms with Crippen LogP contribution in [-0.4, -0.2) is 64.3 Å². The Hall–Kier alpha value is -1.00. The maximum Gasteiger partial charge on any atom is 0.106 e. The molecule has 0 aromatic carbocycles. The summed E-state index contributed by atoms with van der Waals surface area (Å²) in [6.45, 7) is 8.86. The molecule has 0 aromatic heterocycles. The molecule has 1 aliphatic carbocycles. The second-order valence-electron chi connectivity index (χ2n) is 7.28. The van der Waals surface area contributed by atoms with Gasteiger partial charge < -0.3 is 19.3 Å². The normalized spacial score (nSPS) is 23.1. The van der Waals surface area contributed by atoms with Crippen LogP contribution in [0.5, 0.6) is 0 Å². The minimum Gasteiger partial charge on any atom is -0.500 e. The molecule has 2 aliphatic rings. The molecule has 0 radical (unpaired) electrons. The first-order valence-electron chi connectivity index (χ1n) is 8.87. The average molecular weight is 322 g/mol. The van der Waals surface area contributed by atoms with Crippen LogP contribution in [0.15, 0.2) is 23.7 Å². The number of hydrogen-bond donors (Lipinski definition) is 0. The van der Waals surface area contributed by atoms with Crippen molar-refractivity contribution < 1.29 is 9.47 Å². The molecule has 0 unspecified atom stereocenters. The number of likely N-dealkylation sites (N-methyl/N-ethyl adjacent to an activating group) is 1. The van der Waals surface area contributed by atoms with Crippen LogP contribution in [0, 0.1) is 10.8 Å². The van der Waals surface area contributed by atoms with Gasteiger partial charge in [0.1, 0.15) is 11.5 Å². The summed E-state index contributed by atoms with van der Waals surface area (Å²) in [4.78, 5) is 4.80. The van der Waals surface area contributed by atoms with Gasteiger partial charge >= 0.3 is 0 Å². The van der Waals surface area contributed by atoms with E-state index in [1.165, 1.54) is 0 Å². The first kappa shape index (κ1) is 18.3. The molecule has 1 spiro atoms. The Morgan fingerprint density at radius 2 is 1.65 bits per heavy atom. The van der Waals surface area contributed by atoms with Gasteiger partial charge in [-0.1, -0.05) is 13.8 Å². The van der Waals surface area contributed by atoms with E-state index in [4.69, 9.17) is 9.47 Å². The quantitative estimate of drug-likeness (QED) is 0.719. The number of hydrogen-bond acceptors (Lipinski definition) is 4. The van der Waals surface area contributed by atoms with Crippen LogP contribution in [0.25, 0.3) is 0 Å². The lowest BCUT2D eigenvalue weighted by Gasteiger charge is -2.41. The van der Waals surface area contributed by atoms with E-state index >= 15 is 0 Å². The fraction of sp³-hybridized carbons (Fsp3) is 0.789. The Kier molecular flexibility index (Phi) is 5.79. The lowest BCUT2D eigenvalue weighted by atomic mass is 9.69. The van der Waals surface area contributed by atoms with Gasteiger partial charge in [-0.3, -0.25) is 0 Å². The van der Waals surface area contributed by atoms with Gasteiger partial charge in [0.2, 0.25) is 0 Å². The fourth-order valence-electron chi connectivity index (χ4n) is 4.13. The van der Waals surface area contributed by atoms with Crippen molar-refractivity contribution in [1.82, 2.24) is 9.80 Å². The highest BCUT2D eigenvalue weighted by atomic mass is 16.5. The predicted octanol–water partition coefficient (Wildman–Crippen LogP) is 3.12. The molecule has 4 nitrogen and oxygen atoms in total. The van der Waals surface area contributed by atoms with Gasteiger partial charge in [-0.15, -0.1) is 0 Å². The smallest absolute Gasteiger partial charge is 0.106 e. The maximum atomic E-state index is 5.85. The molecule has 0 amide bonds. The minimum atomic E-state index is -0.0915. The van der Waals surface area contributed by atoms with Crippen molar-refractivity contribution in [3.8, 4) is 0 Å². The van der Waals surface area contributed by atoms with Gasteiger partial charge in [-0.2, -0.15) is 0 Å². The molecule has 0 saturated carbocycles. The zero-order valence-electron chi connectivity index (χ0n) is 15.8. The summed E-state index contributed by atoms with van der Waals surface area (Å²) in [7, 11) is 7.87. The van der Waals surface area contributed by atoms with E-state index in [0.29, 0.717) is 0 Å². The lowest BCUT2D eigenvalue weighted by Crippen LogP contribution is -2.36. The monoisotopic (exact) mass is 322 g/mol. The molecule has 0 aromatic rings. The number of likely N-dealkylation sites (tertiary alicyclic amines) is 1. The van der Waals surface area contributed by atoms with E-state index in [0.717, 1.165) is 57.0 Å². The molecule has 2 rings (SSSR count). The molecule has 1 heterocycles. The van der Waals surface area contributed by atoms with Crippen molar-refractivity contribution in [1.29, 1.82) is 0 Å². The Morgan fingerprint density at radius 3 is 2.09 bits per heavy atom. The van der Waals surface area contributed by atoms with Gasteiger partial charge in [0.15, 0.2) is 0 Å². The van der Waals surface area contributed by atoms with Crippen molar-refractivity contribution in [2.24, 2.45) is 10.8 Å². The van der Waals surface area contributed by atoms with Crippen LogP contribution in [0.1, 0.15) is 33.1 Å². The van der Waals surface area contributed by atoms with Crippen molar-refractivity contribution >= 4 is 0 Å². The first-order chi connectivity index (χ1) is 10.9. The lowest BCUT2D eigenvalue weighted by molar-refractivity contribution is 0.102. The van der Waals surface area contributed by atoms with Gasteiger partial charge in [0, 0.05) is 25.0 Å². The van der Waals surface area contributed by atoms with Crippen molar-refractivity contribution in [3.63, 3.8) is 0 Å². The molecule has 0 bridgehead atoms. The highest BCUT2D eigenvalue weighted by Gasteiger charge is 2.47. The third-order valence-electron chi connectivity index (χ3n) is 5.70. The van der Waals surface area contributed by atoms with Gasteiger partial charge in [-0.25, -0.2) is 0 Å². The molecule has 23 heavy (non-hydrogen) atoms. The summed E-state index contributed by atoms with van der Waals surface area (Å²) in [5, 5.41) is 0. The summed E-state index contributed by atoms with van der Waals surface area (Å²) >= 11 is 0. The Bertz CT molecular complexity index is 440.